The highest BCUT2D eigenvalue weighted by Gasteiger charge is 2.20. The van der Waals surface area contributed by atoms with Crippen molar-refractivity contribution >= 4 is 37.6 Å². The number of aromatic carboxylic acids is 1. The molecule has 9 heteroatoms. The summed E-state index contributed by atoms with van der Waals surface area (Å²) in [5.41, 5.74) is -0.156. The molecular weight excluding hydrogens is 350 g/mol. The Kier molecular flexibility index (Phi) is 3.82. The Morgan fingerprint density at radius 3 is 2.70 bits per heavy atom. The van der Waals surface area contributed by atoms with Crippen molar-refractivity contribution in [2.75, 3.05) is 4.72 Å². The molecule has 0 radical (unpaired) electrons. The van der Waals surface area contributed by atoms with Gasteiger partial charge in [-0.25, -0.2) is 13.2 Å². The van der Waals surface area contributed by atoms with Crippen LogP contribution in [0.25, 0.3) is 0 Å². The summed E-state index contributed by atoms with van der Waals surface area (Å²) in [7, 11) is -2.29. The molecular formula is C11H10BrN3O4S. The second-order valence-electron chi connectivity index (χ2n) is 3.95. The van der Waals surface area contributed by atoms with Crippen molar-refractivity contribution in [2.45, 2.75) is 4.90 Å². The maximum absolute atomic E-state index is 12.1. The number of carboxylic acids is 1. The highest BCUT2D eigenvalue weighted by atomic mass is 79.9. The SMILES string of the molecule is Cn1cc(S(=O)(=O)Nc2ccc(Br)cc2C(=O)O)cn1. The third kappa shape index (κ3) is 2.99. The quantitative estimate of drug-likeness (QED) is 0.864. The third-order valence-corrected chi connectivity index (χ3v) is 4.26. The molecule has 0 amide bonds. The van der Waals surface area contributed by atoms with Gasteiger partial charge in [-0.3, -0.25) is 9.40 Å². The topological polar surface area (TPSA) is 101 Å². The first-order chi connectivity index (χ1) is 9.29. The van der Waals surface area contributed by atoms with Gasteiger partial charge in [0.25, 0.3) is 10.0 Å². The zero-order chi connectivity index (χ0) is 14.9. The van der Waals surface area contributed by atoms with Gasteiger partial charge in [-0.1, -0.05) is 15.9 Å². The minimum atomic E-state index is -3.87. The summed E-state index contributed by atoms with van der Waals surface area (Å²) in [5.74, 6) is -1.23. The molecule has 0 fully saturated rings. The van der Waals surface area contributed by atoms with Crippen LogP contribution in [0.4, 0.5) is 5.69 Å². The molecule has 2 N–H and O–H groups in total. The van der Waals surface area contributed by atoms with Gasteiger partial charge < -0.3 is 5.11 Å². The van der Waals surface area contributed by atoms with Crippen LogP contribution in [0.5, 0.6) is 0 Å². The van der Waals surface area contributed by atoms with E-state index in [2.05, 4.69) is 25.8 Å². The van der Waals surface area contributed by atoms with Gasteiger partial charge in [-0.05, 0) is 18.2 Å². The number of nitrogens with zero attached hydrogens (tertiary/aromatic N) is 2. The van der Waals surface area contributed by atoms with Gasteiger partial charge in [0.2, 0.25) is 0 Å². The lowest BCUT2D eigenvalue weighted by molar-refractivity contribution is 0.0698. The minimum Gasteiger partial charge on any atom is -0.478 e. The lowest BCUT2D eigenvalue weighted by atomic mass is 10.2. The lowest BCUT2D eigenvalue weighted by Gasteiger charge is -2.09. The van der Waals surface area contributed by atoms with Gasteiger partial charge in [-0.2, -0.15) is 5.10 Å². The molecule has 0 atom stereocenters. The standard InChI is InChI=1S/C11H10BrN3O4S/c1-15-6-8(5-13-15)20(18,19)14-10-3-2-7(12)4-9(10)11(16)17/h2-6,14H,1H3,(H,16,17). The van der Waals surface area contributed by atoms with Crippen molar-refractivity contribution < 1.29 is 18.3 Å². The molecule has 0 aliphatic heterocycles. The largest absolute Gasteiger partial charge is 0.478 e. The van der Waals surface area contributed by atoms with Gasteiger partial charge in [-0.15, -0.1) is 0 Å². The van der Waals surface area contributed by atoms with E-state index in [0.717, 1.165) is 0 Å². The van der Waals surface area contributed by atoms with Crippen LogP contribution in [0.15, 0.2) is 40.0 Å². The van der Waals surface area contributed by atoms with Crippen molar-refractivity contribution in [1.82, 2.24) is 9.78 Å². The predicted molar refractivity (Wildman–Crippen MR) is 75.1 cm³/mol. The fourth-order valence-electron chi connectivity index (χ4n) is 1.52. The van der Waals surface area contributed by atoms with Crippen LogP contribution < -0.4 is 4.72 Å². The average molecular weight is 360 g/mol. The number of hydrogen-bond acceptors (Lipinski definition) is 4. The number of halogens is 1. The number of aryl methyl sites for hydroxylation is 1. The molecule has 0 aliphatic carbocycles. The minimum absolute atomic E-state index is 0.00967. The molecule has 20 heavy (non-hydrogen) atoms. The number of nitrogens with one attached hydrogen (secondary N) is 1. The number of rotatable bonds is 4. The van der Waals surface area contributed by atoms with Crippen LogP contribution in [0.2, 0.25) is 0 Å². The molecule has 0 unspecified atom stereocenters. The van der Waals surface area contributed by atoms with Crippen LogP contribution in [0.1, 0.15) is 10.4 Å². The van der Waals surface area contributed by atoms with Crippen LogP contribution >= 0.6 is 15.9 Å². The van der Waals surface area contributed by atoms with Crippen molar-refractivity contribution in [3.8, 4) is 0 Å². The maximum Gasteiger partial charge on any atom is 0.337 e. The Bertz CT molecular complexity index is 770. The highest BCUT2D eigenvalue weighted by molar-refractivity contribution is 9.10. The summed E-state index contributed by atoms with van der Waals surface area (Å²) in [4.78, 5) is 11.1. The molecule has 7 nitrogen and oxygen atoms in total. The smallest absolute Gasteiger partial charge is 0.337 e. The number of benzene rings is 1. The third-order valence-electron chi connectivity index (χ3n) is 2.45. The fourth-order valence-corrected chi connectivity index (χ4v) is 2.95. The van der Waals surface area contributed by atoms with E-state index >= 15 is 0 Å². The summed E-state index contributed by atoms with van der Waals surface area (Å²) in [6.45, 7) is 0. The molecule has 106 valence electrons. The molecule has 0 saturated heterocycles. The monoisotopic (exact) mass is 359 g/mol. The Morgan fingerprint density at radius 2 is 2.15 bits per heavy atom. The number of carboxylic acid groups (broad SMARTS) is 1. The highest BCUT2D eigenvalue weighted by Crippen LogP contribution is 2.23. The second kappa shape index (κ2) is 5.25. The number of aromatic nitrogens is 2. The number of sulfonamides is 1. The van der Waals surface area contributed by atoms with Crippen molar-refractivity contribution in [3.05, 3.63) is 40.6 Å². The Morgan fingerprint density at radius 1 is 1.45 bits per heavy atom. The second-order valence-corrected chi connectivity index (χ2v) is 6.55. The van der Waals surface area contributed by atoms with E-state index < -0.39 is 16.0 Å². The first kappa shape index (κ1) is 14.5. The summed E-state index contributed by atoms with van der Waals surface area (Å²) in [6.07, 6.45) is 2.50. The van der Waals surface area contributed by atoms with E-state index in [1.165, 1.54) is 29.2 Å². The van der Waals surface area contributed by atoms with E-state index in [0.29, 0.717) is 4.47 Å². The fraction of sp³-hybridized carbons (Fsp3) is 0.0909. The molecule has 2 aromatic rings. The Labute approximate surface area is 123 Å². The predicted octanol–water partition coefficient (Wildman–Crippen LogP) is 1.68. The van der Waals surface area contributed by atoms with Crippen molar-refractivity contribution in [2.24, 2.45) is 7.05 Å². The molecule has 0 saturated carbocycles. The van der Waals surface area contributed by atoms with E-state index in [9.17, 15) is 13.2 Å². The summed E-state index contributed by atoms with van der Waals surface area (Å²) < 4.78 is 28.3. The first-order valence-electron chi connectivity index (χ1n) is 5.34. The van der Waals surface area contributed by atoms with Gasteiger partial charge in [0.05, 0.1) is 17.4 Å². The molecule has 0 bridgehead atoms. The summed E-state index contributed by atoms with van der Waals surface area (Å²) >= 11 is 3.14. The first-order valence-corrected chi connectivity index (χ1v) is 7.61. The number of anilines is 1. The van der Waals surface area contributed by atoms with Gasteiger partial charge in [0.1, 0.15) is 4.90 Å². The lowest BCUT2D eigenvalue weighted by Crippen LogP contribution is -2.15. The number of carbonyl (C=O) groups is 1. The molecule has 0 spiro atoms. The van der Waals surface area contributed by atoms with Crippen molar-refractivity contribution in [1.29, 1.82) is 0 Å². The van der Waals surface area contributed by atoms with Gasteiger partial charge in [0.15, 0.2) is 0 Å². The zero-order valence-corrected chi connectivity index (χ0v) is 12.6. The normalized spacial score (nSPS) is 11.3. The molecule has 1 aromatic carbocycles. The Hall–Kier alpha value is -1.87. The van der Waals surface area contributed by atoms with Crippen LogP contribution in [0, 0.1) is 0 Å². The van der Waals surface area contributed by atoms with E-state index in [1.807, 2.05) is 0 Å². The van der Waals surface area contributed by atoms with Crippen LogP contribution in [-0.2, 0) is 17.1 Å². The molecule has 1 aromatic heterocycles. The zero-order valence-electron chi connectivity index (χ0n) is 10.2. The van der Waals surface area contributed by atoms with Crippen LogP contribution in [0.3, 0.4) is 0 Å². The van der Waals surface area contributed by atoms with Gasteiger partial charge in [0, 0.05) is 17.7 Å². The van der Waals surface area contributed by atoms with E-state index in [1.54, 1.807) is 13.1 Å². The maximum atomic E-state index is 12.1. The average Bonchev–Trinajstić information content (AvgIpc) is 2.78. The molecule has 1 heterocycles. The Balaban J connectivity index is 2.42. The van der Waals surface area contributed by atoms with E-state index in [-0.39, 0.29) is 16.1 Å². The molecule has 0 aliphatic rings. The van der Waals surface area contributed by atoms with Crippen LogP contribution in [-0.4, -0.2) is 29.3 Å². The molecule has 2 rings (SSSR count). The van der Waals surface area contributed by atoms with E-state index in [4.69, 9.17) is 5.11 Å². The summed E-state index contributed by atoms with van der Waals surface area (Å²) in [6, 6.07) is 4.25. The number of hydrogen-bond donors (Lipinski definition) is 2. The summed E-state index contributed by atoms with van der Waals surface area (Å²) in [5, 5.41) is 12.9. The van der Waals surface area contributed by atoms with Gasteiger partial charge >= 0.3 is 5.97 Å². The van der Waals surface area contributed by atoms with Crippen molar-refractivity contribution in [3.63, 3.8) is 0 Å².